The molecule has 2 aromatic heterocycles. The number of pyridine rings is 1. The van der Waals surface area contributed by atoms with E-state index in [2.05, 4.69) is 26.2 Å². The zero-order chi connectivity index (χ0) is 12.3. The van der Waals surface area contributed by atoms with Crippen LogP contribution in [0.5, 0.6) is 0 Å². The maximum absolute atomic E-state index is 13.3. The molecule has 2 aromatic rings. The van der Waals surface area contributed by atoms with Crippen LogP contribution in [-0.2, 0) is 6.54 Å². The Kier molecular flexibility index (Phi) is 3.86. The largest absolute Gasteiger partial charge is 0.347 e. The zero-order valence-corrected chi connectivity index (χ0v) is 11.0. The van der Waals surface area contributed by atoms with E-state index in [1.807, 2.05) is 11.4 Å². The van der Waals surface area contributed by atoms with E-state index in [-0.39, 0.29) is 5.56 Å². The third-order valence-electron chi connectivity index (χ3n) is 2.12. The highest BCUT2D eigenvalue weighted by atomic mass is 79.9. The van der Waals surface area contributed by atoms with E-state index in [1.165, 1.54) is 23.6 Å². The second kappa shape index (κ2) is 5.37. The smallest absolute Gasteiger partial charge is 0.254 e. The van der Waals surface area contributed by atoms with Crippen LogP contribution < -0.4 is 5.32 Å². The molecule has 0 aliphatic heterocycles. The number of carbonyl (C=O) groups excluding carboxylic acids is 1. The summed E-state index contributed by atoms with van der Waals surface area (Å²) in [5.41, 5.74) is 0.00711. The van der Waals surface area contributed by atoms with Gasteiger partial charge >= 0.3 is 0 Å². The summed E-state index contributed by atoms with van der Waals surface area (Å²) >= 11 is 4.89. The van der Waals surface area contributed by atoms with Gasteiger partial charge in [-0.05, 0) is 33.4 Å². The molecule has 2 rings (SSSR count). The Morgan fingerprint density at radius 2 is 2.35 bits per heavy atom. The normalized spacial score (nSPS) is 10.2. The average Bonchev–Trinajstić information content (AvgIpc) is 2.72. The summed E-state index contributed by atoms with van der Waals surface area (Å²) in [5.74, 6) is -1.06. The van der Waals surface area contributed by atoms with Crippen LogP contribution in [-0.4, -0.2) is 10.9 Å². The molecule has 0 unspecified atom stereocenters. The van der Waals surface area contributed by atoms with E-state index in [4.69, 9.17) is 0 Å². The fourth-order valence-corrected chi connectivity index (χ4v) is 2.70. The maximum Gasteiger partial charge on any atom is 0.254 e. The van der Waals surface area contributed by atoms with Gasteiger partial charge in [-0.25, -0.2) is 4.39 Å². The number of hydrogen-bond donors (Lipinski definition) is 1. The lowest BCUT2D eigenvalue weighted by molar-refractivity contribution is 0.0947. The van der Waals surface area contributed by atoms with Crippen LogP contribution in [0.3, 0.4) is 0 Å². The first-order valence-corrected chi connectivity index (χ1v) is 6.45. The third-order valence-corrected chi connectivity index (χ3v) is 4.04. The Bertz CT molecular complexity index is 544. The molecule has 0 saturated heterocycles. The molecule has 1 N–H and O–H groups in total. The van der Waals surface area contributed by atoms with Gasteiger partial charge in [0.2, 0.25) is 0 Å². The van der Waals surface area contributed by atoms with Crippen molar-refractivity contribution in [3.63, 3.8) is 0 Å². The van der Waals surface area contributed by atoms with Gasteiger partial charge in [0.05, 0.1) is 18.3 Å². The van der Waals surface area contributed by atoms with Gasteiger partial charge < -0.3 is 5.32 Å². The van der Waals surface area contributed by atoms with Crippen LogP contribution >= 0.6 is 27.3 Å². The van der Waals surface area contributed by atoms with Gasteiger partial charge in [0.25, 0.3) is 5.91 Å². The van der Waals surface area contributed by atoms with Crippen molar-refractivity contribution in [1.29, 1.82) is 0 Å². The molecule has 2 heterocycles. The van der Waals surface area contributed by atoms with Crippen molar-refractivity contribution in [1.82, 2.24) is 10.3 Å². The number of hydrogen-bond acceptors (Lipinski definition) is 3. The average molecular weight is 315 g/mol. The minimum atomic E-state index is -0.616. The fourth-order valence-electron chi connectivity index (χ4n) is 1.27. The van der Waals surface area contributed by atoms with Gasteiger partial charge in [0.1, 0.15) is 0 Å². The van der Waals surface area contributed by atoms with Crippen molar-refractivity contribution in [2.75, 3.05) is 0 Å². The second-order valence-corrected chi connectivity index (χ2v) is 5.08. The molecule has 0 aliphatic carbocycles. The van der Waals surface area contributed by atoms with Gasteiger partial charge in [-0.3, -0.25) is 9.78 Å². The van der Waals surface area contributed by atoms with E-state index in [1.54, 1.807) is 0 Å². The summed E-state index contributed by atoms with van der Waals surface area (Å²) in [6, 6.07) is 3.26. The minimum Gasteiger partial charge on any atom is -0.347 e. The van der Waals surface area contributed by atoms with Crippen molar-refractivity contribution < 1.29 is 9.18 Å². The molecular formula is C11H8BrFN2OS. The summed E-state index contributed by atoms with van der Waals surface area (Å²) in [5, 5.41) is 4.57. The summed E-state index contributed by atoms with van der Waals surface area (Å²) in [4.78, 5) is 16.3. The van der Waals surface area contributed by atoms with E-state index in [0.29, 0.717) is 6.54 Å². The van der Waals surface area contributed by atoms with Crippen molar-refractivity contribution in [2.24, 2.45) is 0 Å². The highest BCUT2D eigenvalue weighted by molar-refractivity contribution is 9.10. The number of rotatable bonds is 3. The van der Waals surface area contributed by atoms with E-state index in [0.717, 1.165) is 15.5 Å². The van der Waals surface area contributed by atoms with Crippen molar-refractivity contribution >= 4 is 33.2 Å². The molecule has 0 fully saturated rings. The first kappa shape index (κ1) is 12.2. The number of thiophene rings is 1. The Labute approximate surface area is 110 Å². The molecule has 6 heteroatoms. The Morgan fingerprint density at radius 3 is 3.00 bits per heavy atom. The highest BCUT2D eigenvalue weighted by Crippen LogP contribution is 2.22. The third kappa shape index (κ3) is 2.89. The van der Waals surface area contributed by atoms with Crippen LogP contribution in [0.15, 0.2) is 34.4 Å². The van der Waals surface area contributed by atoms with Crippen LogP contribution in [0.25, 0.3) is 0 Å². The van der Waals surface area contributed by atoms with E-state index >= 15 is 0 Å². The number of nitrogens with one attached hydrogen (secondary N) is 1. The Balaban J connectivity index is 2.04. The first-order chi connectivity index (χ1) is 8.18. The predicted octanol–water partition coefficient (Wildman–Crippen LogP) is 2.97. The molecule has 1 amide bonds. The summed E-state index contributed by atoms with van der Waals surface area (Å²) < 4.78 is 14.2. The number of carbonyl (C=O) groups is 1. The van der Waals surface area contributed by atoms with Crippen LogP contribution in [0.1, 0.15) is 15.2 Å². The van der Waals surface area contributed by atoms with Crippen molar-refractivity contribution in [3.05, 3.63) is 50.6 Å². The SMILES string of the molecule is O=C(NCc1sccc1Br)c1ccncc1F. The zero-order valence-electron chi connectivity index (χ0n) is 8.61. The van der Waals surface area contributed by atoms with E-state index < -0.39 is 11.7 Å². The molecule has 0 atom stereocenters. The molecule has 0 bridgehead atoms. The predicted molar refractivity (Wildman–Crippen MR) is 67.4 cm³/mol. The van der Waals surface area contributed by atoms with Crippen LogP contribution in [0.4, 0.5) is 4.39 Å². The summed E-state index contributed by atoms with van der Waals surface area (Å²) in [6.45, 7) is 0.374. The van der Waals surface area contributed by atoms with E-state index in [9.17, 15) is 9.18 Å². The molecule has 0 saturated carbocycles. The lowest BCUT2D eigenvalue weighted by Gasteiger charge is -2.04. The summed E-state index contributed by atoms with van der Waals surface area (Å²) in [6.07, 6.45) is 2.41. The summed E-state index contributed by atoms with van der Waals surface area (Å²) in [7, 11) is 0. The van der Waals surface area contributed by atoms with Crippen LogP contribution in [0.2, 0.25) is 0 Å². The molecule has 0 aliphatic rings. The quantitative estimate of drug-likeness (QED) is 0.946. The lowest BCUT2D eigenvalue weighted by atomic mass is 10.2. The van der Waals surface area contributed by atoms with Gasteiger partial charge in [0.15, 0.2) is 5.82 Å². The first-order valence-electron chi connectivity index (χ1n) is 4.78. The van der Waals surface area contributed by atoms with Crippen molar-refractivity contribution in [3.8, 4) is 0 Å². The Morgan fingerprint density at radius 1 is 1.53 bits per heavy atom. The molecule has 17 heavy (non-hydrogen) atoms. The fraction of sp³-hybridized carbons (Fsp3) is 0.0909. The lowest BCUT2D eigenvalue weighted by Crippen LogP contribution is -2.23. The van der Waals surface area contributed by atoms with Gasteiger partial charge in [-0.15, -0.1) is 11.3 Å². The minimum absolute atomic E-state index is 0.00711. The Hall–Kier alpha value is -1.27. The molecule has 0 radical (unpaired) electrons. The number of halogens is 2. The number of amides is 1. The van der Waals surface area contributed by atoms with Crippen LogP contribution in [0, 0.1) is 5.82 Å². The molecule has 3 nitrogen and oxygen atoms in total. The highest BCUT2D eigenvalue weighted by Gasteiger charge is 2.11. The maximum atomic E-state index is 13.3. The molecule has 88 valence electrons. The second-order valence-electron chi connectivity index (χ2n) is 3.23. The molecule has 0 aromatic carbocycles. The number of nitrogens with zero attached hydrogens (tertiary/aromatic N) is 1. The topological polar surface area (TPSA) is 42.0 Å². The molecule has 0 spiro atoms. The van der Waals surface area contributed by atoms with Gasteiger partial charge in [0, 0.05) is 15.5 Å². The monoisotopic (exact) mass is 314 g/mol. The van der Waals surface area contributed by atoms with Gasteiger partial charge in [-0.1, -0.05) is 0 Å². The number of aromatic nitrogens is 1. The van der Waals surface area contributed by atoms with Gasteiger partial charge in [-0.2, -0.15) is 0 Å². The standard InChI is InChI=1S/C11H8BrFN2OS/c12-8-2-4-17-10(8)6-15-11(16)7-1-3-14-5-9(7)13/h1-5H,6H2,(H,15,16). The molecular weight excluding hydrogens is 307 g/mol. The van der Waals surface area contributed by atoms with Crippen molar-refractivity contribution in [2.45, 2.75) is 6.54 Å².